The third-order valence-electron chi connectivity index (χ3n) is 3.52. The van der Waals surface area contributed by atoms with Crippen LogP contribution in [0.4, 0.5) is 17.5 Å². The summed E-state index contributed by atoms with van der Waals surface area (Å²) in [5.74, 6) is 6.23. The third kappa shape index (κ3) is 2.55. The van der Waals surface area contributed by atoms with Crippen LogP contribution in [0.3, 0.4) is 0 Å². The number of hydrogen-bond acceptors (Lipinski definition) is 5. The van der Waals surface area contributed by atoms with Gasteiger partial charge in [-0.15, -0.1) is 0 Å². The Labute approximate surface area is 122 Å². The van der Waals surface area contributed by atoms with Gasteiger partial charge in [-0.05, 0) is 42.9 Å². The largest absolute Gasteiger partial charge is 0.339 e. The molecule has 0 saturated heterocycles. The molecule has 1 aromatic carbocycles. The maximum atomic E-state index is 6.13. The Bertz CT molecular complexity index is 629. The van der Waals surface area contributed by atoms with E-state index in [9.17, 15) is 0 Å². The van der Waals surface area contributed by atoms with Crippen molar-refractivity contribution in [3.63, 3.8) is 0 Å². The van der Waals surface area contributed by atoms with E-state index in [1.807, 2.05) is 0 Å². The van der Waals surface area contributed by atoms with E-state index < -0.39 is 0 Å². The number of hydrazine groups is 1. The van der Waals surface area contributed by atoms with Crippen molar-refractivity contribution in [3.8, 4) is 0 Å². The lowest BCUT2D eigenvalue weighted by Crippen LogP contribution is -2.12. The Morgan fingerprint density at radius 1 is 1.20 bits per heavy atom. The molecule has 0 spiro atoms. The molecule has 3 rings (SSSR count). The van der Waals surface area contributed by atoms with Crippen LogP contribution in [-0.4, -0.2) is 9.97 Å². The summed E-state index contributed by atoms with van der Waals surface area (Å²) < 4.78 is 0. The Balaban J connectivity index is 1.95. The lowest BCUT2D eigenvalue weighted by atomic mass is 9.90. The van der Waals surface area contributed by atoms with Crippen LogP contribution in [0.2, 0.25) is 5.02 Å². The van der Waals surface area contributed by atoms with Crippen molar-refractivity contribution in [2.45, 2.75) is 25.7 Å². The monoisotopic (exact) mass is 289 g/mol. The van der Waals surface area contributed by atoms with Gasteiger partial charge in [-0.1, -0.05) is 23.7 Å². The molecule has 6 heteroatoms. The van der Waals surface area contributed by atoms with E-state index in [0.717, 1.165) is 18.5 Å². The highest BCUT2D eigenvalue weighted by Gasteiger charge is 2.14. The zero-order chi connectivity index (χ0) is 13.9. The molecule has 0 radical (unpaired) electrons. The molecule has 0 saturated carbocycles. The first-order valence-corrected chi connectivity index (χ1v) is 7.02. The van der Waals surface area contributed by atoms with Gasteiger partial charge >= 0.3 is 0 Å². The molecular formula is C14H16ClN5. The lowest BCUT2D eigenvalue weighted by molar-refractivity contribution is 0.687. The fourth-order valence-electron chi connectivity index (χ4n) is 2.55. The number of hydrogen-bond donors (Lipinski definition) is 3. The molecule has 5 nitrogen and oxygen atoms in total. The van der Waals surface area contributed by atoms with Gasteiger partial charge in [0.25, 0.3) is 0 Å². The fraction of sp³-hybridized carbons (Fsp3) is 0.286. The number of nitrogens with two attached hydrogens (primary N) is 1. The molecule has 0 fully saturated rings. The van der Waals surface area contributed by atoms with Gasteiger partial charge < -0.3 is 5.32 Å². The number of aryl methyl sites for hydroxylation is 1. The van der Waals surface area contributed by atoms with Crippen molar-refractivity contribution in [1.82, 2.24) is 9.97 Å². The molecule has 4 N–H and O–H groups in total. The van der Waals surface area contributed by atoms with Gasteiger partial charge in [-0.3, -0.25) is 5.43 Å². The van der Waals surface area contributed by atoms with E-state index in [1.165, 1.54) is 30.2 Å². The van der Waals surface area contributed by atoms with Crippen molar-refractivity contribution in [1.29, 1.82) is 0 Å². The van der Waals surface area contributed by atoms with Crippen molar-refractivity contribution in [2.24, 2.45) is 5.84 Å². The van der Waals surface area contributed by atoms with E-state index in [0.29, 0.717) is 16.8 Å². The number of halogens is 1. The zero-order valence-electron chi connectivity index (χ0n) is 11.0. The van der Waals surface area contributed by atoms with E-state index in [1.54, 1.807) is 0 Å². The summed E-state index contributed by atoms with van der Waals surface area (Å²) in [5, 5.41) is 3.77. The second-order valence-corrected chi connectivity index (χ2v) is 5.22. The Morgan fingerprint density at radius 2 is 2.05 bits per heavy atom. The van der Waals surface area contributed by atoms with Gasteiger partial charge in [0.15, 0.2) is 5.82 Å². The second kappa shape index (κ2) is 5.64. The molecule has 1 aromatic heterocycles. The number of nitrogens with zero attached hydrogens (tertiary/aromatic N) is 2. The van der Waals surface area contributed by atoms with Gasteiger partial charge in [-0.25, -0.2) is 10.8 Å². The quantitative estimate of drug-likeness (QED) is 0.598. The average molecular weight is 290 g/mol. The molecule has 0 unspecified atom stereocenters. The van der Waals surface area contributed by atoms with Crippen molar-refractivity contribution in [3.05, 3.63) is 40.5 Å². The third-order valence-corrected chi connectivity index (χ3v) is 3.80. The van der Waals surface area contributed by atoms with Crippen molar-refractivity contribution in [2.75, 3.05) is 10.7 Å². The Kier molecular flexibility index (Phi) is 3.71. The van der Waals surface area contributed by atoms with Crippen LogP contribution in [0.15, 0.2) is 24.4 Å². The lowest BCUT2D eigenvalue weighted by Gasteiger charge is -2.20. The molecule has 0 amide bonds. The summed E-state index contributed by atoms with van der Waals surface area (Å²) in [4.78, 5) is 8.21. The smallest absolute Gasteiger partial charge is 0.239 e. The standard InChI is InChI=1S/C14H16ClN5/c15-11-8-17-14(20-16)19-13(11)18-12-7-3-5-9-4-1-2-6-10(9)12/h3,5,7-8H,1-2,4,6,16H2,(H2,17,18,19,20). The van der Waals surface area contributed by atoms with Gasteiger partial charge in [0.05, 0.1) is 6.20 Å². The minimum atomic E-state index is 0.335. The average Bonchev–Trinajstić information content (AvgIpc) is 2.50. The van der Waals surface area contributed by atoms with E-state index in [2.05, 4.69) is 38.9 Å². The Morgan fingerprint density at radius 3 is 2.90 bits per heavy atom. The molecule has 104 valence electrons. The minimum absolute atomic E-state index is 0.335. The van der Waals surface area contributed by atoms with Crippen LogP contribution in [0, 0.1) is 0 Å². The highest BCUT2D eigenvalue weighted by Crippen LogP contribution is 2.31. The molecule has 2 aromatic rings. The molecule has 1 aliphatic rings. The fourth-order valence-corrected chi connectivity index (χ4v) is 2.69. The number of aromatic nitrogens is 2. The number of nitrogens with one attached hydrogen (secondary N) is 2. The number of rotatable bonds is 3. The number of nitrogen functional groups attached to an aromatic ring is 1. The summed E-state index contributed by atoms with van der Waals surface area (Å²) in [6.45, 7) is 0. The summed E-state index contributed by atoms with van der Waals surface area (Å²) >= 11 is 6.13. The molecule has 1 aliphatic carbocycles. The maximum Gasteiger partial charge on any atom is 0.239 e. The molecule has 1 heterocycles. The van der Waals surface area contributed by atoms with Crippen LogP contribution in [0.25, 0.3) is 0 Å². The van der Waals surface area contributed by atoms with Crippen molar-refractivity contribution >= 4 is 29.1 Å². The normalized spacial score (nSPS) is 13.7. The summed E-state index contributed by atoms with van der Waals surface area (Å²) in [5.41, 5.74) is 6.25. The first-order chi connectivity index (χ1) is 9.78. The highest BCUT2D eigenvalue weighted by molar-refractivity contribution is 6.32. The summed E-state index contributed by atoms with van der Waals surface area (Å²) in [7, 11) is 0. The summed E-state index contributed by atoms with van der Waals surface area (Å²) in [6, 6.07) is 6.30. The van der Waals surface area contributed by atoms with Crippen LogP contribution >= 0.6 is 11.6 Å². The molecule has 20 heavy (non-hydrogen) atoms. The number of benzene rings is 1. The first kappa shape index (κ1) is 13.1. The molecule has 0 atom stereocenters. The Hall–Kier alpha value is -1.85. The van der Waals surface area contributed by atoms with E-state index >= 15 is 0 Å². The topological polar surface area (TPSA) is 75.9 Å². The molecular weight excluding hydrogens is 274 g/mol. The van der Waals surface area contributed by atoms with Crippen LogP contribution in [0.5, 0.6) is 0 Å². The van der Waals surface area contributed by atoms with Crippen LogP contribution < -0.4 is 16.6 Å². The zero-order valence-corrected chi connectivity index (χ0v) is 11.7. The predicted molar refractivity (Wildman–Crippen MR) is 81.2 cm³/mol. The van der Waals surface area contributed by atoms with Crippen molar-refractivity contribution < 1.29 is 0 Å². The maximum absolute atomic E-state index is 6.13. The highest BCUT2D eigenvalue weighted by atomic mass is 35.5. The van der Waals surface area contributed by atoms with Gasteiger partial charge in [-0.2, -0.15) is 4.98 Å². The molecule has 0 bridgehead atoms. The first-order valence-electron chi connectivity index (χ1n) is 6.65. The van der Waals surface area contributed by atoms with Gasteiger partial charge in [0, 0.05) is 5.69 Å². The minimum Gasteiger partial charge on any atom is -0.339 e. The van der Waals surface area contributed by atoms with Crippen LogP contribution in [0.1, 0.15) is 24.0 Å². The predicted octanol–water partition coefficient (Wildman–Crippen LogP) is 3.04. The van der Waals surface area contributed by atoms with Gasteiger partial charge in [0.2, 0.25) is 5.95 Å². The van der Waals surface area contributed by atoms with Gasteiger partial charge in [0.1, 0.15) is 5.02 Å². The number of fused-ring (bicyclic) bond motifs is 1. The SMILES string of the molecule is NNc1ncc(Cl)c(Nc2cccc3c2CCCC3)n1. The number of anilines is 3. The van der Waals surface area contributed by atoms with Crippen LogP contribution in [-0.2, 0) is 12.8 Å². The van der Waals surface area contributed by atoms with E-state index in [4.69, 9.17) is 17.4 Å². The van der Waals surface area contributed by atoms with E-state index in [-0.39, 0.29) is 0 Å². The summed E-state index contributed by atoms with van der Waals surface area (Å²) in [6.07, 6.45) is 6.23. The second-order valence-electron chi connectivity index (χ2n) is 4.81. The molecule has 0 aliphatic heterocycles.